The van der Waals surface area contributed by atoms with Crippen LogP contribution in [0.25, 0.3) is 0 Å². The maximum atomic E-state index is 14.2. The van der Waals surface area contributed by atoms with E-state index in [1.54, 1.807) is 25.1 Å². The molecule has 2 aromatic carbocycles. The topological polar surface area (TPSA) is 49.4 Å². The summed E-state index contributed by atoms with van der Waals surface area (Å²) in [6.07, 6.45) is 1.85. The number of amides is 2. The van der Waals surface area contributed by atoms with Crippen molar-refractivity contribution in [2.45, 2.75) is 45.0 Å². The molecule has 1 N–H and O–H groups in total. The molecule has 0 aliphatic heterocycles. The molecule has 0 spiro atoms. The highest BCUT2D eigenvalue weighted by atomic mass is 79.9. The molecule has 2 rings (SSSR count). The highest BCUT2D eigenvalue weighted by Gasteiger charge is 2.26. The fourth-order valence-corrected chi connectivity index (χ4v) is 3.98. The quantitative estimate of drug-likeness (QED) is 0.439. The molecule has 162 valence electrons. The molecule has 0 aromatic heterocycles. The van der Waals surface area contributed by atoms with Crippen molar-refractivity contribution < 1.29 is 14.0 Å². The number of nitrogens with zero attached hydrogens (tertiary/aromatic N) is 1. The Bertz CT molecular complexity index is 832. The van der Waals surface area contributed by atoms with Crippen molar-refractivity contribution in [1.82, 2.24) is 10.2 Å². The number of carbonyl (C=O) groups excluding carboxylic acids is 2. The van der Waals surface area contributed by atoms with Gasteiger partial charge in [0.05, 0.1) is 5.75 Å². The summed E-state index contributed by atoms with van der Waals surface area (Å²) in [4.78, 5) is 27.0. The van der Waals surface area contributed by atoms with Gasteiger partial charge in [0.1, 0.15) is 11.9 Å². The van der Waals surface area contributed by atoms with Crippen molar-refractivity contribution in [1.29, 1.82) is 0 Å². The minimum atomic E-state index is -0.678. The predicted molar refractivity (Wildman–Crippen MR) is 125 cm³/mol. The lowest BCUT2D eigenvalue weighted by atomic mass is 10.1. The maximum Gasteiger partial charge on any atom is 0.242 e. The molecule has 2 amide bonds. The average molecular weight is 495 g/mol. The van der Waals surface area contributed by atoms with E-state index in [1.165, 1.54) is 22.7 Å². The molecule has 1 atom stereocenters. The van der Waals surface area contributed by atoms with E-state index in [1.807, 2.05) is 31.2 Å². The Labute approximate surface area is 190 Å². The fourth-order valence-electron chi connectivity index (χ4n) is 2.85. The lowest BCUT2D eigenvalue weighted by molar-refractivity contribution is -0.138. The lowest BCUT2D eigenvalue weighted by Crippen LogP contribution is -2.48. The third-order valence-corrected chi connectivity index (χ3v) is 6.22. The minimum Gasteiger partial charge on any atom is -0.354 e. The third-order valence-electron chi connectivity index (χ3n) is 4.70. The minimum absolute atomic E-state index is 0.0622. The van der Waals surface area contributed by atoms with Gasteiger partial charge < -0.3 is 10.2 Å². The van der Waals surface area contributed by atoms with Gasteiger partial charge in [0.25, 0.3) is 0 Å². The van der Waals surface area contributed by atoms with Crippen LogP contribution < -0.4 is 5.32 Å². The van der Waals surface area contributed by atoms with E-state index in [-0.39, 0.29) is 29.9 Å². The van der Waals surface area contributed by atoms with Crippen LogP contribution in [-0.2, 0) is 21.9 Å². The number of thioether (sulfide) groups is 1. The SMILES string of the molecule is CCCCNC(=O)[C@H](C)N(Cc1ccccc1F)C(=O)CSCc1ccc(Br)cc1. The first-order valence-electron chi connectivity index (χ1n) is 10.0. The van der Waals surface area contributed by atoms with Crippen LogP contribution in [0.15, 0.2) is 53.0 Å². The van der Waals surface area contributed by atoms with Gasteiger partial charge in [-0.3, -0.25) is 9.59 Å². The number of unbranched alkanes of at least 4 members (excludes halogenated alkanes) is 1. The van der Waals surface area contributed by atoms with Gasteiger partial charge in [-0.2, -0.15) is 0 Å². The normalized spacial score (nSPS) is 11.7. The van der Waals surface area contributed by atoms with Gasteiger partial charge >= 0.3 is 0 Å². The second kappa shape index (κ2) is 12.7. The van der Waals surface area contributed by atoms with Gasteiger partial charge in [0.2, 0.25) is 11.8 Å². The summed E-state index contributed by atoms with van der Waals surface area (Å²) in [5.41, 5.74) is 1.51. The number of benzene rings is 2. The largest absolute Gasteiger partial charge is 0.354 e. The van der Waals surface area contributed by atoms with Gasteiger partial charge in [-0.05, 0) is 37.1 Å². The Kier molecular flexibility index (Phi) is 10.4. The van der Waals surface area contributed by atoms with Crippen LogP contribution in [0.1, 0.15) is 37.8 Å². The summed E-state index contributed by atoms with van der Waals surface area (Å²) in [6, 6.07) is 13.6. The number of rotatable bonds is 11. The number of nitrogens with one attached hydrogen (secondary N) is 1. The van der Waals surface area contributed by atoms with Crippen molar-refractivity contribution in [2.75, 3.05) is 12.3 Å². The highest BCUT2D eigenvalue weighted by Crippen LogP contribution is 2.18. The molecule has 0 unspecified atom stereocenters. The molecule has 4 nitrogen and oxygen atoms in total. The van der Waals surface area contributed by atoms with Gasteiger partial charge in [-0.25, -0.2) is 4.39 Å². The number of halogens is 2. The lowest BCUT2D eigenvalue weighted by Gasteiger charge is -2.29. The molecule has 0 fully saturated rings. The molecule has 0 bridgehead atoms. The summed E-state index contributed by atoms with van der Waals surface area (Å²) < 4.78 is 15.2. The van der Waals surface area contributed by atoms with Crippen LogP contribution in [0, 0.1) is 5.82 Å². The first kappa shape index (κ1) is 24.4. The van der Waals surface area contributed by atoms with Crippen molar-refractivity contribution >= 4 is 39.5 Å². The van der Waals surface area contributed by atoms with Crippen LogP contribution in [0.4, 0.5) is 4.39 Å². The number of hydrogen-bond acceptors (Lipinski definition) is 3. The van der Waals surface area contributed by atoms with Gasteiger partial charge in [-0.15, -0.1) is 11.8 Å². The van der Waals surface area contributed by atoms with Crippen LogP contribution in [0.3, 0.4) is 0 Å². The zero-order chi connectivity index (χ0) is 21.9. The van der Waals surface area contributed by atoms with E-state index >= 15 is 0 Å². The Morgan fingerprint density at radius 2 is 1.87 bits per heavy atom. The number of carbonyl (C=O) groups is 2. The van der Waals surface area contributed by atoms with E-state index in [0.29, 0.717) is 17.9 Å². The van der Waals surface area contributed by atoms with Gasteiger partial charge in [-0.1, -0.05) is 59.6 Å². The van der Waals surface area contributed by atoms with Crippen LogP contribution in [0.5, 0.6) is 0 Å². The van der Waals surface area contributed by atoms with Crippen molar-refractivity contribution in [3.8, 4) is 0 Å². The van der Waals surface area contributed by atoms with E-state index in [4.69, 9.17) is 0 Å². The molecule has 7 heteroatoms. The van der Waals surface area contributed by atoms with E-state index in [0.717, 1.165) is 22.9 Å². The first-order valence-corrected chi connectivity index (χ1v) is 12.0. The predicted octanol–water partition coefficient (Wildman–Crippen LogP) is 5.16. The van der Waals surface area contributed by atoms with E-state index in [9.17, 15) is 14.0 Å². The van der Waals surface area contributed by atoms with Gasteiger partial charge in [0, 0.05) is 28.9 Å². The second-order valence-corrected chi connectivity index (χ2v) is 8.95. The third kappa shape index (κ3) is 7.76. The molecule has 0 saturated carbocycles. The van der Waals surface area contributed by atoms with E-state index in [2.05, 4.69) is 21.2 Å². The molecule has 0 aliphatic carbocycles. The molecule has 30 heavy (non-hydrogen) atoms. The smallest absolute Gasteiger partial charge is 0.242 e. The Morgan fingerprint density at radius 3 is 2.53 bits per heavy atom. The first-order chi connectivity index (χ1) is 14.4. The van der Waals surface area contributed by atoms with Crippen molar-refractivity contribution in [3.05, 3.63) is 69.9 Å². The standard InChI is InChI=1S/C23H28BrFN2O2S/c1-3-4-13-26-23(29)17(2)27(14-19-7-5-6-8-21(19)25)22(28)16-30-15-18-9-11-20(24)12-10-18/h5-12,17H,3-4,13-16H2,1-2H3,(H,26,29)/t17-/m0/s1. The molecule has 2 aromatic rings. The molecule has 0 aliphatic rings. The van der Waals surface area contributed by atoms with Crippen molar-refractivity contribution in [2.24, 2.45) is 0 Å². The molecular weight excluding hydrogens is 467 g/mol. The highest BCUT2D eigenvalue weighted by molar-refractivity contribution is 9.10. The van der Waals surface area contributed by atoms with Crippen LogP contribution in [-0.4, -0.2) is 35.1 Å². The van der Waals surface area contributed by atoms with Gasteiger partial charge in [0.15, 0.2) is 0 Å². The Hall–Kier alpha value is -1.86. The molecule has 0 saturated heterocycles. The Balaban J connectivity index is 2.04. The van der Waals surface area contributed by atoms with Crippen LogP contribution in [0.2, 0.25) is 0 Å². The van der Waals surface area contributed by atoms with Crippen molar-refractivity contribution in [3.63, 3.8) is 0 Å². The number of hydrogen-bond donors (Lipinski definition) is 1. The summed E-state index contributed by atoms with van der Waals surface area (Å²) in [7, 11) is 0. The van der Waals surface area contributed by atoms with Crippen LogP contribution >= 0.6 is 27.7 Å². The second-order valence-electron chi connectivity index (χ2n) is 7.05. The Morgan fingerprint density at radius 1 is 1.17 bits per heavy atom. The molecule has 0 radical (unpaired) electrons. The maximum absolute atomic E-state index is 14.2. The fraction of sp³-hybridized carbons (Fsp3) is 0.391. The summed E-state index contributed by atoms with van der Waals surface area (Å²) in [5, 5.41) is 2.87. The zero-order valence-corrected chi connectivity index (χ0v) is 19.8. The van der Waals surface area contributed by atoms with E-state index < -0.39 is 6.04 Å². The monoisotopic (exact) mass is 494 g/mol. The summed E-state index contributed by atoms with van der Waals surface area (Å²) >= 11 is 4.89. The molecule has 0 heterocycles. The summed E-state index contributed by atoms with van der Waals surface area (Å²) in [6.45, 7) is 4.37. The molecular formula is C23H28BrFN2O2S. The average Bonchev–Trinajstić information content (AvgIpc) is 2.74. The zero-order valence-electron chi connectivity index (χ0n) is 17.4. The summed E-state index contributed by atoms with van der Waals surface area (Å²) in [5.74, 6) is 0.127.